The normalized spacial score (nSPS) is 17.3. The summed E-state index contributed by atoms with van der Waals surface area (Å²) in [5.74, 6) is 0. The maximum absolute atomic E-state index is 12.8. The van der Waals surface area contributed by atoms with Crippen molar-refractivity contribution in [3.63, 3.8) is 0 Å². The van der Waals surface area contributed by atoms with Crippen molar-refractivity contribution in [2.24, 2.45) is 0 Å². The third-order valence-corrected chi connectivity index (χ3v) is 5.99. The number of nitrogens with zero attached hydrogens (tertiary/aromatic N) is 3. The van der Waals surface area contributed by atoms with E-state index < -0.39 is 10.0 Å². The molecular formula is C16H20N4O2S. The van der Waals surface area contributed by atoms with E-state index in [2.05, 4.69) is 9.88 Å². The number of nitrogen functional groups attached to an aromatic ring is 1. The number of likely N-dealkylation sites (N-methyl/N-ethyl adjacent to an activating group) is 1. The molecule has 1 aliphatic heterocycles. The van der Waals surface area contributed by atoms with Gasteiger partial charge in [-0.15, -0.1) is 0 Å². The Hall–Kier alpha value is -1.96. The first-order chi connectivity index (χ1) is 11.0. The van der Waals surface area contributed by atoms with Gasteiger partial charge in [0.2, 0.25) is 10.0 Å². The summed E-state index contributed by atoms with van der Waals surface area (Å²) in [5.41, 5.74) is 8.04. The lowest BCUT2D eigenvalue weighted by atomic mass is 10.1. The largest absolute Gasteiger partial charge is 0.398 e. The summed E-state index contributed by atoms with van der Waals surface area (Å²) in [6.45, 7) is 2.51. The number of pyridine rings is 1. The van der Waals surface area contributed by atoms with Crippen LogP contribution in [-0.2, 0) is 10.0 Å². The first kappa shape index (κ1) is 15.9. The highest BCUT2D eigenvalue weighted by molar-refractivity contribution is 7.89. The van der Waals surface area contributed by atoms with E-state index in [1.807, 2.05) is 13.1 Å². The second-order valence-electron chi connectivity index (χ2n) is 5.70. The molecule has 23 heavy (non-hydrogen) atoms. The number of rotatable bonds is 3. The van der Waals surface area contributed by atoms with Gasteiger partial charge in [-0.2, -0.15) is 4.31 Å². The average Bonchev–Trinajstić information content (AvgIpc) is 2.56. The molecule has 0 spiro atoms. The molecule has 0 amide bonds. The van der Waals surface area contributed by atoms with Crippen molar-refractivity contribution in [3.05, 3.63) is 42.7 Å². The van der Waals surface area contributed by atoms with E-state index in [0.717, 1.165) is 24.2 Å². The van der Waals surface area contributed by atoms with Crippen molar-refractivity contribution in [2.45, 2.75) is 4.90 Å². The van der Waals surface area contributed by atoms with Crippen molar-refractivity contribution in [1.82, 2.24) is 14.2 Å². The van der Waals surface area contributed by atoms with Gasteiger partial charge in [0.1, 0.15) is 0 Å². The highest BCUT2D eigenvalue weighted by Gasteiger charge is 2.27. The van der Waals surface area contributed by atoms with Gasteiger partial charge in [-0.1, -0.05) is 12.1 Å². The first-order valence-corrected chi connectivity index (χ1v) is 8.91. The van der Waals surface area contributed by atoms with Crippen molar-refractivity contribution < 1.29 is 8.42 Å². The van der Waals surface area contributed by atoms with E-state index in [1.54, 1.807) is 41.0 Å². The van der Waals surface area contributed by atoms with Crippen LogP contribution < -0.4 is 5.73 Å². The van der Waals surface area contributed by atoms with Crippen molar-refractivity contribution in [1.29, 1.82) is 0 Å². The fraction of sp³-hybridized carbons (Fsp3) is 0.312. The SMILES string of the molecule is CN1CCN(S(=O)(=O)c2cccc(-c3cnccc3N)c2)CC1. The zero-order valence-corrected chi connectivity index (χ0v) is 13.8. The molecule has 0 unspecified atom stereocenters. The van der Waals surface area contributed by atoms with Gasteiger partial charge in [-0.3, -0.25) is 4.98 Å². The number of hydrogen-bond donors (Lipinski definition) is 1. The minimum Gasteiger partial charge on any atom is -0.398 e. The molecule has 2 aromatic rings. The van der Waals surface area contributed by atoms with Crippen LogP contribution in [0, 0.1) is 0 Å². The standard InChI is InChI=1S/C16H20N4O2S/c1-19-7-9-20(10-8-19)23(21,22)14-4-2-3-13(11-14)15-12-18-6-5-16(15)17/h2-6,11-12H,7-10H2,1H3,(H2,17,18). The molecule has 0 aliphatic carbocycles. The molecule has 0 saturated carbocycles. The van der Waals surface area contributed by atoms with Gasteiger partial charge < -0.3 is 10.6 Å². The number of anilines is 1. The molecule has 1 saturated heterocycles. The third kappa shape index (κ3) is 3.21. The zero-order valence-electron chi connectivity index (χ0n) is 13.0. The minimum atomic E-state index is -3.48. The molecule has 6 nitrogen and oxygen atoms in total. The molecule has 122 valence electrons. The van der Waals surface area contributed by atoms with Gasteiger partial charge in [-0.25, -0.2) is 8.42 Å². The predicted molar refractivity (Wildman–Crippen MR) is 90.3 cm³/mol. The average molecular weight is 332 g/mol. The number of aromatic nitrogens is 1. The molecule has 1 fully saturated rings. The molecule has 0 radical (unpaired) electrons. The molecule has 1 aromatic heterocycles. The number of nitrogens with two attached hydrogens (primary N) is 1. The summed E-state index contributed by atoms with van der Waals surface area (Å²) in [4.78, 5) is 6.48. The number of hydrogen-bond acceptors (Lipinski definition) is 5. The van der Waals surface area contributed by atoms with Crippen LogP contribution >= 0.6 is 0 Å². The number of benzene rings is 1. The maximum atomic E-state index is 12.8. The second kappa shape index (κ2) is 6.27. The molecule has 3 rings (SSSR count). The number of piperazine rings is 1. The molecule has 1 aromatic carbocycles. The summed E-state index contributed by atoms with van der Waals surface area (Å²) in [6, 6.07) is 8.59. The fourth-order valence-electron chi connectivity index (χ4n) is 2.65. The van der Waals surface area contributed by atoms with Gasteiger partial charge in [0.05, 0.1) is 4.90 Å². The third-order valence-electron chi connectivity index (χ3n) is 4.10. The van der Waals surface area contributed by atoms with Crippen molar-refractivity contribution in [3.8, 4) is 11.1 Å². The Morgan fingerprint density at radius 1 is 1.13 bits per heavy atom. The molecule has 0 atom stereocenters. The Labute approximate surface area is 136 Å². The topological polar surface area (TPSA) is 79.5 Å². The van der Waals surface area contributed by atoms with Crippen LogP contribution in [0.15, 0.2) is 47.6 Å². The van der Waals surface area contributed by atoms with Crippen molar-refractivity contribution in [2.75, 3.05) is 39.0 Å². The van der Waals surface area contributed by atoms with E-state index >= 15 is 0 Å². The molecule has 0 bridgehead atoms. The lowest BCUT2D eigenvalue weighted by Crippen LogP contribution is -2.47. The Bertz CT molecular complexity index is 799. The van der Waals surface area contributed by atoms with Crippen LogP contribution in [0.3, 0.4) is 0 Å². The Kier molecular flexibility index (Phi) is 4.34. The lowest BCUT2D eigenvalue weighted by Gasteiger charge is -2.31. The summed E-state index contributed by atoms with van der Waals surface area (Å²) in [6.07, 6.45) is 3.26. The summed E-state index contributed by atoms with van der Waals surface area (Å²) in [7, 11) is -1.49. The summed E-state index contributed by atoms with van der Waals surface area (Å²) >= 11 is 0. The fourth-order valence-corrected chi connectivity index (χ4v) is 4.12. The molecule has 7 heteroatoms. The van der Waals surface area contributed by atoms with Crippen LogP contribution in [0.1, 0.15) is 0 Å². The second-order valence-corrected chi connectivity index (χ2v) is 7.64. The van der Waals surface area contributed by atoms with Gasteiger partial charge in [0.15, 0.2) is 0 Å². The van der Waals surface area contributed by atoms with E-state index in [1.165, 1.54) is 0 Å². The smallest absolute Gasteiger partial charge is 0.243 e. The Balaban J connectivity index is 1.95. The molecule has 2 N–H and O–H groups in total. The molecule has 1 aliphatic rings. The summed E-state index contributed by atoms with van der Waals surface area (Å²) in [5, 5.41) is 0. The zero-order chi connectivity index (χ0) is 16.4. The van der Waals surface area contributed by atoms with Gasteiger partial charge >= 0.3 is 0 Å². The van der Waals surface area contributed by atoms with E-state index in [9.17, 15) is 8.42 Å². The highest BCUT2D eigenvalue weighted by atomic mass is 32.2. The van der Waals surface area contributed by atoms with Crippen LogP contribution in [-0.4, -0.2) is 55.8 Å². The minimum absolute atomic E-state index is 0.294. The monoisotopic (exact) mass is 332 g/mol. The highest BCUT2D eigenvalue weighted by Crippen LogP contribution is 2.27. The molecule has 2 heterocycles. The van der Waals surface area contributed by atoms with Crippen LogP contribution in [0.25, 0.3) is 11.1 Å². The van der Waals surface area contributed by atoms with E-state index in [0.29, 0.717) is 23.7 Å². The van der Waals surface area contributed by atoms with Crippen LogP contribution in [0.2, 0.25) is 0 Å². The van der Waals surface area contributed by atoms with E-state index in [4.69, 9.17) is 5.73 Å². The van der Waals surface area contributed by atoms with E-state index in [-0.39, 0.29) is 0 Å². The van der Waals surface area contributed by atoms with Crippen LogP contribution in [0.5, 0.6) is 0 Å². The Morgan fingerprint density at radius 3 is 2.57 bits per heavy atom. The van der Waals surface area contributed by atoms with Gasteiger partial charge in [0, 0.05) is 49.8 Å². The number of sulfonamides is 1. The summed E-state index contributed by atoms with van der Waals surface area (Å²) < 4.78 is 27.2. The predicted octanol–water partition coefficient (Wildman–Crippen LogP) is 1.27. The van der Waals surface area contributed by atoms with Gasteiger partial charge in [-0.05, 0) is 30.8 Å². The Morgan fingerprint density at radius 2 is 1.87 bits per heavy atom. The van der Waals surface area contributed by atoms with Gasteiger partial charge in [0.25, 0.3) is 0 Å². The first-order valence-electron chi connectivity index (χ1n) is 7.47. The van der Waals surface area contributed by atoms with Crippen LogP contribution in [0.4, 0.5) is 5.69 Å². The molecular weight excluding hydrogens is 312 g/mol. The lowest BCUT2D eigenvalue weighted by molar-refractivity contribution is 0.222. The quantitative estimate of drug-likeness (QED) is 0.915. The van der Waals surface area contributed by atoms with Crippen molar-refractivity contribution >= 4 is 15.7 Å². The maximum Gasteiger partial charge on any atom is 0.243 e.